The molecule has 4 rings (SSSR count). The smallest absolute Gasteiger partial charge is 0.276 e. The van der Waals surface area contributed by atoms with Crippen LogP contribution in [-0.4, -0.2) is 82.3 Å². The van der Waals surface area contributed by atoms with Crippen molar-refractivity contribution in [3.8, 4) is 5.75 Å². The summed E-state index contributed by atoms with van der Waals surface area (Å²) in [7, 11) is 3.62. The molecule has 0 aliphatic heterocycles. The number of aldehydes is 3. The quantitative estimate of drug-likeness (QED) is 0.0231. The molecule has 0 radical (unpaired) electrons. The van der Waals surface area contributed by atoms with E-state index in [0.29, 0.717) is 42.4 Å². The van der Waals surface area contributed by atoms with Gasteiger partial charge in [0.1, 0.15) is 18.0 Å². The molecule has 0 saturated carbocycles. The molecule has 0 aliphatic rings. The minimum atomic E-state index is -0.819. The molecule has 0 spiro atoms. The molecule has 4 aromatic rings. The van der Waals surface area contributed by atoms with E-state index in [1.165, 1.54) is 30.4 Å². The molecular weight excluding hydrogens is 700 g/mol. The number of aliphatic hydroxyl groups excluding tert-OH is 2. The average molecular weight is 742 g/mol. The van der Waals surface area contributed by atoms with E-state index < -0.39 is 17.5 Å². The predicted octanol–water partition coefficient (Wildman–Crippen LogP) is 0.479. The zero-order valence-electron chi connectivity index (χ0n) is 28.9. The van der Waals surface area contributed by atoms with Crippen LogP contribution in [0.1, 0.15) is 43.2 Å². The number of amides is 1. The molecule has 0 unspecified atom stereocenters. The number of carbonyl (C=O) groups is 4. The Morgan fingerprint density at radius 3 is 2.21 bits per heavy atom. The molecule has 0 saturated heterocycles. The molecule has 2 heterocycles. The SMILES string of the molecule is CNc1cc(CCCOc2cc(NC(=O)c3cc/c(=N/N)n(N)n3)c(C=O)cc2F)c(F)cc1C=O.CO.CO.N/C(C=O)=C\C=C(/N)n1ccnc1. The van der Waals surface area contributed by atoms with E-state index in [9.17, 15) is 28.0 Å². The Morgan fingerprint density at radius 2 is 1.64 bits per heavy atom. The second kappa shape index (κ2) is 23.5. The van der Waals surface area contributed by atoms with Gasteiger partial charge in [0.05, 0.1) is 18.0 Å². The summed E-state index contributed by atoms with van der Waals surface area (Å²) in [5, 5.41) is 26.5. The van der Waals surface area contributed by atoms with Crippen LogP contribution in [0.4, 0.5) is 20.2 Å². The lowest BCUT2D eigenvalue weighted by atomic mass is 10.0. The maximum absolute atomic E-state index is 14.5. The van der Waals surface area contributed by atoms with Gasteiger partial charge >= 0.3 is 0 Å². The largest absolute Gasteiger partial charge is 0.490 e. The Kier molecular flexibility index (Phi) is 19.5. The number of nitrogens with one attached hydrogen (secondary N) is 2. The number of carbonyl (C=O) groups excluding carboxylic acids is 4. The van der Waals surface area contributed by atoms with Crippen LogP contribution in [0.2, 0.25) is 0 Å². The van der Waals surface area contributed by atoms with Gasteiger partial charge in [-0.2, -0.15) is 9.89 Å². The van der Waals surface area contributed by atoms with Gasteiger partial charge in [-0.25, -0.2) is 13.8 Å². The Bertz CT molecular complexity index is 1950. The van der Waals surface area contributed by atoms with Gasteiger partial charge in [0.15, 0.2) is 41.6 Å². The number of benzene rings is 2. The molecule has 0 aliphatic carbocycles. The minimum Gasteiger partial charge on any atom is -0.490 e. The number of aliphatic hydroxyl groups is 2. The van der Waals surface area contributed by atoms with Crippen molar-refractivity contribution in [3.05, 3.63) is 112 Å². The number of nitrogens with zero attached hydrogens (tertiary/aromatic N) is 5. The Morgan fingerprint density at radius 1 is 0.981 bits per heavy atom. The lowest BCUT2D eigenvalue weighted by Crippen LogP contribution is -2.33. The van der Waals surface area contributed by atoms with Crippen molar-refractivity contribution in [2.45, 2.75) is 12.8 Å². The topological polar surface area (TPSA) is 294 Å². The van der Waals surface area contributed by atoms with Crippen molar-refractivity contribution >= 4 is 42.0 Å². The van der Waals surface area contributed by atoms with Crippen LogP contribution >= 0.6 is 0 Å². The second-order valence-electron chi connectivity index (χ2n) is 9.79. The maximum atomic E-state index is 14.5. The van der Waals surface area contributed by atoms with Crippen LogP contribution in [0.25, 0.3) is 5.82 Å². The number of aryl methyl sites for hydroxylation is 1. The third-order valence-electron chi connectivity index (χ3n) is 6.53. The van der Waals surface area contributed by atoms with Crippen LogP contribution in [0.3, 0.4) is 0 Å². The zero-order chi connectivity index (χ0) is 39.9. The summed E-state index contributed by atoms with van der Waals surface area (Å²) in [5.74, 6) is 8.88. The summed E-state index contributed by atoms with van der Waals surface area (Å²) >= 11 is 0. The molecule has 12 N–H and O–H groups in total. The molecule has 0 atom stereocenters. The molecule has 284 valence electrons. The number of hydrogen-bond donors (Lipinski definition) is 8. The molecule has 1 amide bonds. The van der Waals surface area contributed by atoms with Crippen molar-refractivity contribution in [2.75, 3.05) is 44.4 Å². The third kappa shape index (κ3) is 13.4. The predicted molar refractivity (Wildman–Crippen MR) is 192 cm³/mol. The molecule has 0 bridgehead atoms. The van der Waals surface area contributed by atoms with Gasteiger partial charge in [0.25, 0.3) is 5.91 Å². The second-order valence-corrected chi connectivity index (χ2v) is 9.79. The van der Waals surface area contributed by atoms with Crippen LogP contribution in [0.15, 0.2) is 78.1 Å². The van der Waals surface area contributed by atoms with E-state index in [0.717, 1.165) is 37.2 Å². The van der Waals surface area contributed by atoms with Gasteiger partial charge in [0.2, 0.25) is 0 Å². The lowest BCUT2D eigenvalue weighted by molar-refractivity contribution is -0.105. The highest BCUT2D eigenvalue weighted by molar-refractivity contribution is 6.05. The van der Waals surface area contributed by atoms with Gasteiger partial charge in [-0.3, -0.25) is 23.7 Å². The number of nitrogens with two attached hydrogens (primary N) is 4. The molecule has 2 aromatic carbocycles. The van der Waals surface area contributed by atoms with Gasteiger partial charge in [-0.05, 0) is 60.9 Å². The molecular formula is C33H41F2N11O7. The van der Waals surface area contributed by atoms with Crippen LogP contribution in [0.5, 0.6) is 5.75 Å². The van der Waals surface area contributed by atoms with Crippen LogP contribution < -0.4 is 44.0 Å². The van der Waals surface area contributed by atoms with Gasteiger partial charge < -0.3 is 48.7 Å². The number of hydrogen-bond acceptors (Lipinski definition) is 15. The molecule has 53 heavy (non-hydrogen) atoms. The summed E-state index contributed by atoms with van der Waals surface area (Å²) < 4.78 is 35.8. The fraction of sp³-hybridized carbons (Fsp3) is 0.182. The standard InChI is InChI=1S/C23H23F2N7O4.C8H10N4O.2CH4O/c1-28-19-9-13(16(24)7-14(19)11-33)3-2-6-36-21-10-20(15(12-34)8-17(21)25)29-23(35)18-4-5-22(30-26)32(27)31-18;9-7(5-13)1-2-8(10)12-4-3-11-6-12;2*1-2/h4-5,7-12,28H,2-3,6,26-27H2,1H3,(H,29,35);1-6H,9-10H2;2*2H,1H3/b30-22-;7-1-,8-2+;;. The first-order valence-corrected chi connectivity index (χ1v) is 15.1. The number of anilines is 2. The fourth-order valence-corrected chi connectivity index (χ4v) is 4.03. The minimum absolute atomic E-state index is 0.00722. The first-order chi connectivity index (χ1) is 25.5. The zero-order valence-corrected chi connectivity index (χ0v) is 28.9. The fourth-order valence-electron chi connectivity index (χ4n) is 4.03. The highest BCUT2D eigenvalue weighted by Gasteiger charge is 2.16. The summed E-state index contributed by atoms with van der Waals surface area (Å²) in [5.41, 5.74) is 11.9. The van der Waals surface area contributed by atoms with E-state index >= 15 is 0 Å². The summed E-state index contributed by atoms with van der Waals surface area (Å²) in [6.07, 6.45) is 9.87. The van der Waals surface area contributed by atoms with E-state index in [-0.39, 0.29) is 52.5 Å². The molecule has 18 nitrogen and oxygen atoms in total. The number of rotatable bonds is 13. The molecule has 2 aromatic heterocycles. The number of allylic oxidation sites excluding steroid dienone is 3. The van der Waals surface area contributed by atoms with E-state index in [2.05, 4.69) is 25.8 Å². The first kappa shape index (κ1) is 44.1. The number of aromatic nitrogens is 4. The summed E-state index contributed by atoms with van der Waals surface area (Å²) in [6.45, 7) is 0.00722. The van der Waals surface area contributed by atoms with Gasteiger partial charge in [-0.15, -0.1) is 5.10 Å². The van der Waals surface area contributed by atoms with Crippen molar-refractivity contribution in [3.63, 3.8) is 0 Å². The summed E-state index contributed by atoms with van der Waals surface area (Å²) in [6, 6.07) is 7.42. The van der Waals surface area contributed by atoms with Gasteiger partial charge in [-0.1, -0.05) is 0 Å². The Hall–Kier alpha value is -6.93. The molecule has 20 heteroatoms. The van der Waals surface area contributed by atoms with Crippen molar-refractivity contribution in [1.82, 2.24) is 19.4 Å². The van der Waals surface area contributed by atoms with Crippen molar-refractivity contribution in [1.29, 1.82) is 0 Å². The van der Waals surface area contributed by atoms with Crippen LogP contribution in [-0.2, 0) is 11.2 Å². The first-order valence-electron chi connectivity index (χ1n) is 15.1. The van der Waals surface area contributed by atoms with Crippen molar-refractivity contribution < 1.29 is 42.9 Å². The summed E-state index contributed by atoms with van der Waals surface area (Å²) in [4.78, 5) is 49.7. The number of ether oxygens (including phenoxy) is 1. The van der Waals surface area contributed by atoms with E-state index in [1.807, 2.05) is 0 Å². The third-order valence-corrected chi connectivity index (χ3v) is 6.53. The highest BCUT2D eigenvalue weighted by Crippen LogP contribution is 2.27. The average Bonchev–Trinajstić information content (AvgIpc) is 3.74. The van der Waals surface area contributed by atoms with E-state index in [1.54, 1.807) is 30.3 Å². The number of halogens is 2. The Balaban J connectivity index is 0.000000689. The van der Waals surface area contributed by atoms with Crippen molar-refractivity contribution in [2.24, 2.45) is 22.4 Å². The lowest BCUT2D eigenvalue weighted by Gasteiger charge is -2.13. The monoisotopic (exact) mass is 741 g/mol. The Labute approximate surface area is 302 Å². The van der Waals surface area contributed by atoms with E-state index in [4.69, 9.17) is 38.1 Å². The molecule has 0 fully saturated rings. The number of imidazole rings is 1. The number of nitrogen functional groups attached to an aromatic ring is 1. The highest BCUT2D eigenvalue weighted by atomic mass is 19.1. The van der Waals surface area contributed by atoms with Crippen LogP contribution in [0, 0.1) is 11.6 Å². The van der Waals surface area contributed by atoms with Gasteiger partial charge in [0, 0.05) is 56.5 Å². The maximum Gasteiger partial charge on any atom is 0.276 e. The normalized spacial score (nSPS) is 11.0.